The second-order valence-corrected chi connectivity index (χ2v) is 10.9. The molecule has 35 heavy (non-hydrogen) atoms. The minimum absolute atomic E-state index is 0.494. The van der Waals surface area contributed by atoms with E-state index in [9.17, 15) is 10.0 Å². The molecule has 7 rings (SSSR count). The van der Waals surface area contributed by atoms with E-state index in [-0.39, 0.29) is 0 Å². The summed E-state index contributed by atoms with van der Waals surface area (Å²) in [5, 5.41) is 25.3. The lowest BCUT2D eigenvalue weighted by molar-refractivity contribution is 0.426. The standard InChI is InChI=1S/C30H19BO2S2/c32-31(33)20-16-18(21-9-5-11-25-23-7-1-3-13-27(23)34-29(21)25)15-19(17-20)22-10-6-12-26-24-8-2-4-14-28(24)35-30(22)26/h1-17,32-33H. The summed E-state index contributed by atoms with van der Waals surface area (Å²) in [4.78, 5) is 0. The normalized spacial score (nSPS) is 11.7. The van der Waals surface area contributed by atoms with Gasteiger partial charge in [-0.05, 0) is 45.9 Å². The lowest BCUT2D eigenvalue weighted by Crippen LogP contribution is -2.29. The third-order valence-electron chi connectivity index (χ3n) is 6.68. The van der Waals surface area contributed by atoms with E-state index in [4.69, 9.17) is 0 Å². The molecule has 0 amide bonds. The summed E-state index contributed by atoms with van der Waals surface area (Å²) in [5.74, 6) is 0. The number of rotatable bonds is 3. The summed E-state index contributed by atoms with van der Waals surface area (Å²) in [7, 11) is -1.54. The highest BCUT2D eigenvalue weighted by Gasteiger charge is 2.18. The SMILES string of the molecule is OB(O)c1cc(-c2cccc3c2sc2ccccc23)cc(-c2cccc3c2sc2ccccc23)c1. The highest BCUT2D eigenvalue weighted by atomic mass is 32.1. The Balaban J connectivity index is 1.51. The first-order chi connectivity index (χ1) is 17.2. The maximum atomic E-state index is 10.2. The Morgan fingerprint density at radius 3 is 1.43 bits per heavy atom. The fourth-order valence-corrected chi connectivity index (χ4v) is 7.54. The Labute approximate surface area is 210 Å². The van der Waals surface area contributed by atoms with E-state index < -0.39 is 7.12 Å². The maximum absolute atomic E-state index is 10.2. The number of hydrogen-bond acceptors (Lipinski definition) is 4. The summed E-state index contributed by atoms with van der Waals surface area (Å²) < 4.78 is 4.93. The van der Waals surface area contributed by atoms with Gasteiger partial charge in [-0.2, -0.15) is 0 Å². The molecule has 0 radical (unpaired) electrons. The van der Waals surface area contributed by atoms with Gasteiger partial charge in [0.05, 0.1) is 0 Å². The van der Waals surface area contributed by atoms with Gasteiger partial charge in [-0.15, -0.1) is 22.7 Å². The van der Waals surface area contributed by atoms with E-state index in [1.54, 1.807) is 22.7 Å². The van der Waals surface area contributed by atoms with Crippen molar-refractivity contribution in [2.75, 3.05) is 0 Å². The van der Waals surface area contributed by atoms with Gasteiger partial charge in [0.2, 0.25) is 0 Å². The molecule has 2 nitrogen and oxygen atoms in total. The van der Waals surface area contributed by atoms with Crippen LogP contribution in [0.2, 0.25) is 0 Å². The minimum atomic E-state index is -1.54. The van der Waals surface area contributed by atoms with Crippen molar-refractivity contribution >= 4 is 75.6 Å². The van der Waals surface area contributed by atoms with Crippen LogP contribution in [0.5, 0.6) is 0 Å². The predicted molar refractivity (Wildman–Crippen MR) is 153 cm³/mol. The fraction of sp³-hybridized carbons (Fsp3) is 0. The van der Waals surface area contributed by atoms with Crippen LogP contribution in [0.15, 0.2) is 103 Å². The van der Waals surface area contributed by atoms with Gasteiger partial charge in [-0.1, -0.05) is 84.9 Å². The van der Waals surface area contributed by atoms with E-state index in [1.807, 2.05) is 12.1 Å². The predicted octanol–water partition coefficient (Wildman–Crippen LogP) is 7.44. The van der Waals surface area contributed by atoms with Gasteiger partial charge >= 0.3 is 7.12 Å². The van der Waals surface area contributed by atoms with Crippen molar-refractivity contribution in [3.63, 3.8) is 0 Å². The molecule has 0 aliphatic carbocycles. The van der Waals surface area contributed by atoms with E-state index in [2.05, 4.69) is 91.0 Å². The minimum Gasteiger partial charge on any atom is -0.423 e. The summed E-state index contributed by atoms with van der Waals surface area (Å²) >= 11 is 3.56. The highest BCUT2D eigenvalue weighted by molar-refractivity contribution is 7.26. The first kappa shape index (κ1) is 20.9. The molecule has 0 aliphatic heterocycles. The Kier molecular flexibility index (Phi) is 4.79. The molecule has 5 aromatic carbocycles. The van der Waals surface area contributed by atoms with Crippen molar-refractivity contribution in [3.8, 4) is 22.3 Å². The Morgan fingerprint density at radius 2 is 0.943 bits per heavy atom. The topological polar surface area (TPSA) is 40.5 Å². The molecule has 0 unspecified atom stereocenters. The van der Waals surface area contributed by atoms with Crippen LogP contribution in [0.3, 0.4) is 0 Å². The molecule has 0 spiro atoms. The Hall–Kier alpha value is -3.48. The van der Waals surface area contributed by atoms with Gasteiger partial charge < -0.3 is 10.0 Å². The molecule has 0 aliphatic rings. The Morgan fingerprint density at radius 1 is 0.486 bits per heavy atom. The highest BCUT2D eigenvalue weighted by Crippen LogP contribution is 2.42. The van der Waals surface area contributed by atoms with Crippen molar-refractivity contribution in [1.29, 1.82) is 0 Å². The molecule has 0 saturated carbocycles. The quantitative estimate of drug-likeness (QED) is 0.255. The maximum Gasteiger partial charge on any atom is 0.488 e. The first-order valence-corrected chi connectivity index (χ1v) is 13.1. The second kappa shape index (κ2) is 8.04. The van der Waals surface area contributed by atoms with E-state index in [0.29, 0.717) is 5.46 Å². The van der Waals surface area contributed by atoms with Gasteiger partial charge in [-0.3, -0.25) is 0 Å². The number of fused-ring (bicyclic) bond motifs is 6. The van der Waals surface area contributed by atoms with Gasteiger partial charge in [0.1, 0.15) is 0 Å². The molecule has 166 valence electrons. The van der Waals surface area contributed by atoms with Crippen molar-refractivity contribution in [2.24, 2.45) is 0 Å². The van der Waals surface area contributed by atoms with E-state index in [0.717, 1.165) is 22.3 Å². The summed E-state index contributed by atoms with van der Waals surface area (Å²) in [6.07, 6.45) is 0. The lowest BCUT2D eigenvalue weighted by atomic mass is 9.77. The smallest absolute Gasteiger partial charge is 0.423 e. The number of benzene rings is 5. The van der Waals surface area contributed by atoms with Crippen molar-refractivity contribution in [1.82, 2.24) is 0 Å². The fourth-order valence-electron chi connectivity index (χ4n) is 5.06. The lowest BCUT2D eigenvalue weighted by Gasteiger charge is -2.12. The van der Waals surface area contributed by atoms with Crippen LogP contribution in [0.25, 0.3) is 62.6 Å². The molecule has 0 bridgehead atoms. The molecular formula is C30H19BO2S2. The summed E-state index contributed by atoms with van der Waals surface area (Å²) in [5.41, 5.74) is 4.68. The molecule has 0 atom stereocenters. The van der Waals surface area contributed by atoms with Crippen LogP contribution in [0.4, 0.5) is 0 Å². The molecule has 0 fully saturated rings. The monoisotopic (exact) mass is 486 g/mol. The molecule has 7 aromatic rings. The molecular weight excluding hydrogens is 467 g/mol. The van der Waals surface area contributed by atoms with Gasteiger partial charge in [0, 0.05) is 40.3 Å². The van der Waals surface area contributed by atoms with Crippen molar-refractivity contribution in [3.05, 3.63) is 103 Å². The molecule has 2 heterocycles. The first-order valence-electron chi connectivity index (χ1n) is 11.5. The van der Waals surface area contributed by atoms with Crippen LogP contribution < -0.4 is 5.46 Å². The van der Waals surface area contributed by atoms with Crippen LogP contribution in [-0.4, -0.2) is 17.2 Å². The van der Waals surface area contributed by atoms with Crippen LogP contribution in [-0.2, 0) is 0 Å². The average molecular weight is 486 g/mol. The third-order valence-corrected chi connectivity index (χ3v) is 9.12. The Bertz CT molecular complexity index is 1770. The van der Waals surface area contributed by atoms with Gasteiger partial charge in [0.15, 0.2) is 0 Å². The molecule has 5 heteroatoms. The average Bonchev–Trinajstić information content (AvgIpc) is 3.47. The van der Waals surface area contributed by atoms with Gasteiger partial charge in [0.25, 0.3) is 0 Å². The van der Waals surface area contributed by atoms with Crippen molar-refractivity contribution < 1.29 is 10.0 Å². The zero-order valence-corrected chi connectivity index (χ0v) is 20.2. The summed E-state index contributed by atoms with van der Waals surface area (Å²) in [6.45, 7) is 0. The second-order valence-electron chi connectivity index (χ2n) is 8.78. The number of thiophene rings is 2. The van der Waals surface area contributed by atoms with Crippen LogP contribution in [0.1, 0.15) is 0 Å². The zero-order valence-electron chi connectivity index (χ0n) is 18.6. The molecule has 2 aromatic heterocycles. The third kappa shape index (κ3) is 3.32. The zero-order chi connectivity index (χ0) is 23.5. The summed E-state index contributed by atoms with van der Waals surface area (Å²) in [6, 6.07) is 35.7. The molecule has 0 saturated heterocycles. The van der Waals surface area contributed by atoms with Gasteiger partial charge in [-0.25, -0.2) is 0 Å². The van der Waals surface area contributed by atoms with E-state index >= 15 is 0 Å². The number of hydrogen-bond donors (Lipinski definition) is 2. The van der Waals surface area contributed by atoms with E-state index in [1.165, 1.54) is 40.3 Å². The molecule has 2 N–H and O–H groups in total. The largest absolute Gasteiger partial charge is 0.488 e. The van der Waals surface area contributed by atoms with Crippen LogP contribution >= 0.6 is 22.7 Å². The van der Waals surface area contributed by atoms with Crippen LogP contribution in [0, 0.1) is 0 Å². The van der Waals surface area contributed by atoms with Crippen molar-refractivity contribution in [2.45, 2.75) is 0 Å².